The van der Waals surface area contributed by atoms with Crippen LogP contribution in [0.4, 0.5) is 0 Å². The fourth-order valence-electron chi connectivity index (χ4n) is 3.60. The van der Waals surface area contributed by atoms with E-state index < -0.39 is 0 Å². The van der Waals surface area contributed by atoms with Gasteiger partial charge >= 0.3 is 0 Å². The zero-order chi connectivity index (χ0) is 19.7. The molecule has 0 N–H and O–H groups in total. The predicted octanol–water partition coefficient (Wildman–Crippen LogP) is 8.22. The second kappa shape index (κ2) is 8.06. The average molecular weight is 401 g/mol. The first-order chi connectivity index (χ1) is 13.6. The number of hydrogen-bond donors (Lipinski definition) is 0. The van der Waals surface area contributed by atoms with Crippen LogP contribution in [0.25, 0.3) is 33.7 Å². The zero-order valence-corrected chi connectivity index (χ0v) is 18.4. The summed E-state index contributed by atoms with van der Waals surface area (Å²) in [5, 5.41) is 5.21. The van der Waals surface area contributed by atoms with Gasteiger partial charge in [0.2, 0.25) is 0 Å². The molecule has 0 aliphatic heterocycles. The minimum atomic E-state index is 1.28. The van der Waals surface area contributed by atoms with Crippen LogP contribution in [0, 0.1) is 13.8 Å². The molecule has 4 rings (SSSR count). The highest BCUT2D eigenvalue weighted by atomic mass is 32.2. The molecule has 140 valence electrons. The predicted molar refractivity (Wildman–Crippen MR) is 130 cm³/mol. The average Bonchev–Trinajstić information content (AvgIpc) is 2.71. The van der Waals surface area contributed by atoms with Crippen molar-refractivity contribution in [3.8, 4) is 0 Å². The van der Waals surface area contributed by atoms with Gasteiger partial charge in [0.1, 0.15) is 0 Å². The fourth-order valence-corrected chi connectivity index (χ4v) is 4.82. The molecular formula is C26H24S2. The van der Waals surface area contributed by atoms with Crippen LogP contribution in [-0.2, 0) is 0 Å². The van der Waals surface area contributed by atoms with E-state index >= 15 is 0 Å². The molecule has 0 unspecified atom stereocenters. The summed E-state index contributed by atoms with van der Waals surface area (Å²) in [7, 11) is 0. The van der Waals surface area contributed by atoms with Gasteiger partial charge in [-0.2, -0.15) is 0 Å². The Labute approximate surface area is 176 Å². The van der Waals surface area contributed by atoms with Gasteiger partial charge < -0.3 is 0 Å². The maximum atomic E-state index is 2.32. The summed E-state index contributed by atoms with van der Waals surface area (Å²) in [6.07, 6.45) is 8.84. The number of thioether (sulfide) groups is 2. The van der Waals surface area contributed by atoms with Crippen LogP contribution in [-0.4, -0.2) is 12.5 Å². The van der Waals surface area contributed by atoms with Crippen LogP contribution in [0.15, 0.2) is 70.5 Å². The lowest BCUT2D eigenvalue weighted by Gasteiger charge is -2.10. The molecule has 0 amide bonds. The molecule has 0 radical (unpaired) electrons. The van der Waals surface area contributed by atoms with Gasteiger partial charge in [-0.1, -0.05) is 48.6 Å². The van der Waals surface area contributed by atoms with E-state index in [9.17, 15) is 0 Å². The summed E-state index contributed by atoms with van der Waals surface area (Å²) in [6.45, 7) is 4.37. The Morgan fingerprint density at radius 1 is 0.571 bits per heavy atom. The molecule has 0 aliphatic rings. The van der Waals surface area contributed by atoms with E-state index in [1.54, 1.807) is 11.8 Å². The topological polar surface area (TPSA) is 0 Å². The Balaban J connectivity index is 1.81. The van der Waals surface area contributed by atoms with E-state index in [1.807, 2.05) is 11.8 Å². The number of hydrogen-bond acceptors (Lipinski definition) is 2. The third kappa shape index (κ3) is 3.72. The van der Waals surface area contributed by atoms with Crippen molar-refractivity contribution in [3.63, 3.8) is 0 Å². The molecule has 4 aromatic rings. The normalized spacial score (nSPS) is 11.7. The van der Waals surface area contributed by atoms with Gasteiger partial charge in [-0.05, 0) is 94.4 Å². The molecule has 0 aromatic heterocycles. The molecule has 0 spiro atoms. The Morgan fingerprint density at radius 3 is 1.54 bits per heavy atom. The van der Waals surface area contributed by atoms with Gasteiger partial charge in [0.05, 0.1) is 0 Å². The maximum Gasteiger partial charge on any atom is 0.0148 e. The monoisotopic (exact) mass is 400 g/mol. The first-order valence-corrected chi connectivity index (χ1v) is 11.9. The Bertz CT molecular complexity index is 1200. The molecule has 0 fully saturated rings. The molecule has 4 aromatic carbocycles. The van der Waals surface area contributed by atoms with Gasteiger partial charge in [0.25, 0.3) is 0 Å². The van der Waals surface area contributed by atoms with Crippen molar-refractivity contribution in [3.05, 3.63) is 82.9 Å². The van der Waals surface area contributed by atoms with Crippen molar-refractivity contribution >= 4 is 57.2 Å². The highest BCUT2D eigenvalue weighted by Crippen LogP contribution is 2.32. The van der Waals surface area contributed by atoms with Gasteiger partial charge in [-0.3, -0.25) is 0 Å². The van der Waals surface area contributed by atoms with Crippen molar-refractivity contribution in [1.29, 1.82) is 0 Å². The molecule has 0 atom stereocenters. The largest absolute Gasteiger partial charge is 0.129 e. The summed E-state index contributed by atoms with van der Waals surface area (Å²) in [6, 6.07) is 22.4. The Hall–Kier alpha value is -2.16. The minimum Gasteiger partial charge on any atom is -0.129 e. The van der Waals surface area contributed by atoms with Crippen LogP contribution in [0.1, 0.15) is 22.3 Å². The van der Waals surface area contributed by atoms with Crippen molar-refractivity contribution < 1.29 is 0 Å². The summed E-state index contributed by atoms with van der Waals surface area (Å²) in [5.41, 5.74) is 5.25. The summed E-state index contributed by atoms with van der Waals surface area (Å²) >= 11 is 3.62. The number of benzene rings is 4. The van der Waals surface area contributed by atoms with Gasteiger partial charge in [0.15, 0.2) is 0 Å². The summed E-state index contributed by atoms with van der Waals surface area (Å²) in [4.78, 5) is 2.63. The Morgan fingerprint density at radius 2 is 1.00 bits per heavy atom. The molecule has 0 bridgehead atoms. The zero-order valence-electron chi connectivity index (χ0n) is 16.7. The van der Waals surface area contributed by atoms with Gasteiger partial charge in [0, 0.05) is 9.79 Å². The van der Waals surface area contributed by atoms with E-state index in [0.717, 1.165) is 0 Å². The SMILES string of the molecule is CSc1cc2ccccc2cc1/C=C/c1cc2cc(C)c(C)cc2cc1SC. The summed E-state index contributed by atoms with van der Waals surface area (Å²) < 4.78 is 0. The van der Waals surface area contributed by atoms with Crippen LogP contribution >= 0.6 is 23.5 Å². The van der Waals surface area contributed by atoms with E-state index in [2.05, 4.69) is 99.2 Å². The number of fused-ring (bicyclic) bond motifs is 2. The lowest BCUT2D eigenvalue weighted by molar-refractivity contribution is 1.35. The van der Waals surface area contributed by atoms with Crippen LogP contribution in [0.5, 0.6) is 0 Å². The van der Waals surface area contributed by atoms with Crippen LogP contribution in [0.3, 0.4) is 0 Å². The van der Waals surface area contributed by atoms with Crippen molar-refractivity contribution in [2.75, 3.05) is 12.5 Å². The van der Waals surface area contributed by atoms with Crippen LogP contribution in [0.2, 0.25) is 0 Å². The third-order valence-corrected chi connectivity index (χ3v) is 6.93. The van der Waals surface area contributed by atoms with Crippen molar-refractivity contribution in [2.45, 2.75) is 23.6 Å². The molecule has 28 heavy (non-hydrogen) atoms. The lowest BCUT2D eigenvalue weighted by Crippen LogP contribution is -1.86. The first-order valence-electron chi connectivity index (χ1n) is 9.43. The molecule has 0 saturated heterocycles. The van der Waals surface area contributed by atoms with E-state index in [0.29, 0.717) is 0 Å². The smallest absolute Gasteiger partial charge is 0.0148 e. The highest BCUT2D eigenvalue weighted by Gasteiger charge is 2.06. The van der Waals surface area contributed by atoms with E-state index in [4.69, 9.17) is 0 Å². The van der Waals surface area contributed by atoms with E-state index in [1.165, 1.54) is 53.6 Å². The minimum absolute atomic E-state index is 1.28. The van der Waals surface area contributed by atoms with Crippen molar-refractivity contribution in [2.24, 2.45) is 0 Å². The second-order valence-corrected chi connectivity index (χ2v) is 8.85. The maximum absolute atomic E-state index is 2.32. The fraction of sp³-hybridized carbons (Fsp3) is 0.154. The first kappa shape index (κ1) is 19.2. The highest BCUT2D eigenvalue weighted by molar-refractivity contribution is 7.99. The van der Waals surface area contributed by atoms with E-state index in [-0.39, 0.29) is 0 Å². The lowest BCUT2D eigenvalue weighted by atomic mass is 10.00. The standard InChI is InChI=1S/C26H24S2/c1-17-11-23-14-22(26(28-4)16-24(23)12-18(17)2)10-9-21-13-19-7-5-6-8-20(19)15-25(21)27-3/h5-16H,1-4H3/b10-9+. The Kier molecular flexibility index (Phi) is 5.52. The summed E-state index contributed by atoms with van der Waals surface area (Å²) in [5.74, 6) is 0. The number of rotatable bonds is 4. The van der Waals surface area contributed by atoms with Gasteiger partial charge in [-0.15, -0.1) is 23.5 Å². The quantitative estimate of drug-likeness (QED) is 0.250. The van der Waals surface area contributed by atoms with Crippen molar-refractivity contribution in [1.82, 2.24) is 0 Å². The second-order valence-electron chi connectivity index (χ2n) is 7.15. The molecule has 0 heterocycles. The molecule has 0 saturated carbocycles. The molecular weight excluding hydrogens is 376 g/mol. The molecule has 0 aliphatic carbocycles. The third-order valence-electron chi connectivity index (χ3n) is 5.34. The molecule has 2 heteroatoms. The van der Waals surface area contributed by atoms with Gasteiger partial charge in [-0.25, -0.2) is 0 Å². The van der Waals surface area contributed by atoms with Crippen LogP contribution < -0.4 is 0 Å². The number of aryl methyl sites for hydroxylation is 2. The molecule has 0 nitrogen and oxygen atoms in total.